The molecule has 118 valence electrons. The number of hydrogen-bond donors (Lipinski definition) is 3. The average Bonchev–Trinajstić information content (AvgIpc) is 2.76. The van der Waals surface area contributed by atoms with Crippen LogP contribution in [0.5, 0.6) is 0 Å². The van der Waals surface area contributed by atoms with E-state index in [1.54, 1.807) is 18.2 Å². The summed E-state index contributed by atoms with van der Waals surface area (Å²) in [4.78, 5) is 0. The molecule has 0 aromatic heterocycles. The molecule has 1 aliphatic rings. The predicted octanol–water partition coefficient (Wildman–Crippen LogP) is -0.407. The first-order valence-electron chi connectivity index (χ1n) is 6.58. The van der Waals surface area contributed by atoms with Gasteiger partial charge in [0.15, 0.2) is 0 Å². The van der Waals surface area contributed by atoms with E-state index >= 15 is 0 Å². The van der Waals surface area contributed by atoms with Gasteiger partial charge >= 0.3 is 0 Å². The summed E-state index contributed by atoms with van der Waals surface area (Å²) in [5, 5.41) is 13.1. The first kappa shape index (κ1) is 16.3. The minimum Gasteiger partial charge on any atom is -0.389 e. The van der Waals surface area contributed by atoms with E-state index in [-0.39, 0.29) is 31.6 Å². The zero-order valence-corrected chi connectivity index (χ0v) is 12.4. The van der Waals surface area contributed by atoms with Crippen LogP contribution in [0.2, 0.25) is 0 Å². The standard InChI is InChI=1S/C13H19FN2O4S/c1-21(18,19)16-7-12-13(17)11(8-20-12)15-6-9-4-2-3-5-10(9)14/h2-5,11-13,15-17H,6-8H2,1H3/t11-,12-,13+/m1/s1. The molecule has 3 atom stereocenters. The van der Waals surface area contributed by atoms with Gasteiger partial charge in [0.05, 0.1) is 31.1 Å². The second kappa shape index (κ2) is 6.80. The number of ether oxygens (including phenoxy) is 1. The Kier molecular flexibility index (Phi) is 5.28. The van der Waals surface area contributed by atoms with Crippen molar-refractivity contribution in [2.45, 2.75) is 24.8 Å². The normalized spacial score (nSPS) is 26.1. The number of halogens is 1. The molecular weight excluding hydrogens is 299 g/mol. The van der Waals surface area contributed by atoms with Crippen molar-refractivity contribution < 1.29 is 22.7 Å². The van der Waals surface area contributed by atoms with Gasteiger partial charge in [-0.3, -0.25) is 0 Å². The van der Waals surface area contributed by atoms with Crippen LogP contribution in [-0.4, -0.2) is 51.2 Å². The van der Waals surface area contributed by atoms with Gasteiger partial charge in [0, 0.05) is 18.7 Å². The molecule has 0 saturated carbocycles. The predicted molar refractivity (Wildman–Crippen MR) is 75.6 cm³/mol. The average molecular weight is 318 g/mol. The quantitative estimate of drug-likeness (QED) is 0.664. The van der Waals surface area contributed by atoms with Crippen molar-refractivity contribution in [2.75, 3.05) is 19.4 Å². The molecule has 2 rings (SSSR count). The summed E-state index contributed by atoms with van der Waals surface area (Å²) in [5.74, 6) is -0.311. The molecular formula is C13H19FN2O4S. The maximum atomic E-state index is 13.5. The molecule has 0 amide bonds. The van der Waals surface area contributed by atoms with Gasteiger partial charge in [0.25, 0.3) is 0 Å². The lowest BCUT2D eigenvalue weighted by molar-refractivity contribution is 0.0444. The van der Waals surface area contributed by atoms with Gasteiger partial charge in [-0.25, -0.2) is 17.5 Å². The minimum atomic E-state index is -3.32. The monoisotopic (exact) mass is 318 g/mol. The summed E-state index contributed by atoms with van der Waals surface area (Å²) in [6.45, 7) is 0.521. The Balaban J connectivity index is 1.84. The van der Waals surface area contributed by atoms with Gasteiger partial charge < -0.3 is 15.2 Å². The number of benzene rings is 1. The highest BCUT2D eigenvalue weighted by Crippen LogP contribution is 2.15. The van der Waals surface area contributed by atoms with E-state index in [0.717, 1.165) is 6.26 Å². The molecule has 1 aromatic rings. The molecule has 6 nitrogen and oxygen atoms in total. The van der Waals surface area contributed by atoms with Crippen molar-refractivity contribution in [3.63, 3.8) is 0 Å². The lowest BCUT2D eigenvalue weighted by atomic mass is 10.1. The van der Waals surface area contributed by atoms with E-state index in [4.69, 9.17) is 4.74 Å². The molecule has 1 heterocycles. The summed E-state index contributed by atoms with van der Waals surface area (Å²) in [6.07, 6.45) is -0.425. The van der Waals surface area contributed by atoms with E-state index in [1.165, 1.54) is 6.07 Å². The fourth-order valence-electron chi connectivity index (χ4n) is 2.16. The van der Waals surface area contributed by atoms with Gasteiger partial charge in [-0.1, -0.05) is 18.2 Å². The van der Waals surface area contributed by atoms with Crippen LogP contribution in [0, 0.1) is 5.82 Å². The largest absolute Gasteiger partial charge is 0.389 e. The molecule has 0 aliphatic carbocycles. The third kappa shape index (κ3) is 4.72. The first-order valence-corrected chi connectivity index (χ1v) is 8.47. The highest BCUT2D eigenvalue weighted by molar-refractivity contribution is 7.88. The lowest BCUT2D eigenvalue weighted by Crippen LogP contribution is -2.44. The summed E-state index contributed by atoms with van der Waals surface area (Å²) in [5.41, 5.74) is 0.502. The Morgan fingerprint density at radius 1 is 1.43 bits per heavy atom. The third-order valence-electron chi connectivity index (χ3n) is 3.34. The van der Waals surface area contributed by atoms with E-state index in [0.29, 0.717) is 5.56 Å². The van der Waals surface area contributed by atoms with Gasteiger partial charge in [0.2, 0.25) is 10.0 Å². The van der Waals surface area contributed by atoms with Crippen molar-refractivity contribution >= 4 is 10.0 Å². The van der Waals surface area contributed by atoms with Crippen molar-refractivity contribution in [1.82, 2.24) is 10.0 Å². The van der Waals surface area contributed by atoms with Crippen molar-refractivity contribution in [3.05, 3.63) is 35.6 Å². The molecule has 1 fully saturated rings. The second-order valence-electron chi connectivity index (χ2n) is 5.06. The summed E-state index contributed by atoms with van der Waals surface area (Å²) >= 11 is 0. The van der Waals surface area contributed by atoms with E-state index in [2.05, 4.69) is 10.0 Å². The Bertz CT molecular complexity index is 581. The second-order valence-corrected chi connectivity index (χ2v) is 6.89. The van der Waals surface area contributed by atoms with Crippen LogP contribution < -0.4 is 10.0 Å². The summed E-state index contributed by atoms with van der Waals surface area (Å²) in [6, 6.07) is 6.01. The van der Waals surface area contributed by atoms with Crippen LogP contribution in [0.15, 0.2) is 24.3 Å². The van der Waals surface area contributed by atoms with Gasteiger partial charge in [-0.05, 0) is 6.07 Å². The number of rotatable bonds is 6. The van der Waals surface area contributed by atoms with Crippen LogP contribution in [0.4, 0.5) is 4.39 Å². The zero-order chi connectivity index (χ0) is 15.5. The molecule has 0 radical (unpaired) electrons. The number of aliphatic hydroxyl groups is 1. The molecule has 1 aromatic carbocycles. The number of hydrogen-bond acceptors (Lipinski definition) is 5. The smallest absolute Gasteiger partial charge is 0.208 e. The Morgan fingerprint density at radius 2 is 2.14 bits per heavy atom. The van der Waals surface area contributed by atoms with Crippen LogP contribution in [0.1, 0.15) is 5.56 Å². The first-order chi connectivity index (χ1) is 9.87. The number of aliphatic hydroxyl groups excluding tert-OH is 1. The van der Waals surface area contributed by atoms with E-state index in [1.807, 2.05) is 0 Å². The molecule has 0 bridgehead atoms. The van der Waals surface area contributed by atoms with Crippen LogP contribution in [0.3, 0.4) is 0 Å². The molecule has 21 heavy (non-hydrogen) atoms. The van der Waals surface area contributed by atoms with Crippen LogP contribution in [-0.2, 0) is 21.3 Å². The van der Waals surface area contributed by atoms with E-state index < -0.39 is 22.2 Å². The Labute approximate surface area is 123 Å². The van der Waals surface area contributed by atoms with Crippen molar-refractivity contribution in [3.8, 4) is 0 Å². The number of sulfonamides is 1. The minimum absolute atomic E-state index is 0.0118. The highest BCUT2D eigenvalue weighted by atomic mass is 32.2. The Hall–Kier alpha value is -1.06. The lowest BCUT2D eigenvalue weighted by Gasteiger charge is -2.18. The SMILES string of the molecule is CS(=O)(=O)NC[C@H]1OC[C@@H](NCc2ccccc2F)[C@@H]1O. The fourth-order valence-corrected chi connectivity index (χ4v) is 2.63. The van der Waals surface area contributed by atoms with Gasteiger partial charge in [-0.2, -0.15) is 0 Å². The van der Waals surface area contributed by atoms with Gasteiger partial charge in [0.1, 0.15) is 5.82 Å². The summed E-state index contributed by atoms with van der Waals surface area (Å²) < 4.78 is 43.2. The third-order valence-corrected chi connectivity index (χ3v) is 4.03. The van der Waals surface area contributed by atoms with Crippen molar-refractivity contribution in [1.29, 1.82) is 0 Å². The highest BCUT2D eigenvalue weighted by Gasteiger charge is 2.35. The molecule has 1 saturated heterocycles. The zero-order valence-electron chi connectivity index (χ0n) is 11.6. The topological polar surface area (TPSA) is 87.7 Å². The maximum absolute atomic E-state index is 13.5. The van der Waals surface area contributed by atoms with Crippen molar-refractivity contribution in [2.24, 2.45) is 0 Å². The molecule has 1 aliphatic heterocycles. The maximum Gasteiger partial charge on any atom is 0.208 e. The summed E-state index contributed by atoms with van der Waals surface area (Å²) in [7, 11) is -3.32. The molecule has 8 heteroatoms. The fraction of sp³-hybridized carbons (Fsp3) is 0.538. The number of nitrogens with one attached hydrogen (secondary N) is 2. The molecule has 0 unspecified atom stereocenters. The van der Waals surface area contributed by atoms with Gasteiger partial charge in [-0.15, -0.1) is 0 Å². The Morgan fingerprint density at radius 3 is 2.81 bits per heavy atom. The van der Waals surface area contributed by atoms with Crippen LogP contribution in [0.25, 0.3) is 0 Å². The molecule has 3 N–H and O–H groups in total. The molecule has 0 spiro atoms. The van der Waals surface area contributed by atoms with Crippen LogP contribution >= 0.6 is 0 Å². The van der Waals surface area contributed by atoms with E-state index in [9.17, 15) is 17.9 Å².